The van der Waals surface area contributed by atoms with E-state index in [2.05, 4.69) is 15.6 Å². The van der Waals surface area contributed by atoms with Crippen LogP contribution in [0, 0.1) is 0 Å². The monoisotopic (exact) mass is 261 g/mol. The average Bonchev–Trinajstić information content (AvgIpc) is 2.89. The first kappa shape index (κ1) is 12.4. The molecule has 2 unspecified atom stereocenters. The minimum Gasteiger partial charge on any atom is -0.465 e. The number of nitrogens with zero attached hydrogens (tertiary/aromatic N) is 2. The van der Waals surface area contributed by atoms with Crippen molar-refractivity contribution < 1.29 is 9.53 Å². The lowest BCUT2D eigenvalue weighted by Gasteiger charge is -2.22. The average molecular weight is 261 g/mol. The Morgan fingerprint density at radius 1 is 1.63 bits per heavy atom. The van der Waals surface area contributed by atoms with Crippen molar-refractivity contribution in [3.63, 3.8) is 0 Å². The van der Waals surface area contributed by atoms with Gasteiger partial charge in [0.1, 0.15) is 6.04 Å². The molecule has 2 heterocycles. The van der Waals surface area contributed by atoms with Crippen LogP contribution in [0.15, 0.2) is 18.0 Å². The minimum atomic E-state index is -0.759. The van der Waals surface area contributed by atoms with Crippen LogP contribution in [-0.4, -0.2) is 22.1 Å². The summed E-state index contributed by atoms with van der Waals surface area (Å²) in [5.74, 6) is -0.393. The van der Waals surface area contributed by atoms with Crippen LogP contribution in [0.1, 0.15) is 49.7 Å². The highest BCUT2D eigenvalue weighted by Gasteiger charge is 2.32. The summed E-state index contributed by atoms with van der Waals surface area (Å²) in [5.41, 5.74) is 9.22. The first-order valence-electron chi connectivity index (χ1n) is 6.89. The van der Waals surface area contributed by atoms with Crippen molar-refractivity contribution in [3.8, 4) is 0 Å². The molecule has 1 aromatic rings. The number of nitrogens with two attached hydrogens (primary N) is 1. The van der Waals surface area contributed by atoms with Crippen molar-refractivity contribution in [2.75, 3.05) is 6.61 Å². The minimum absolute atomic E-state index is 0.345. The van der Waals surface area contributed by atoms with Gasteiger partial charge < -0.3 is 15.0 Å². The first-order chi connectivity index (χ1) is 9.22. The molecule has 1 aliphatic carbocycles. The third-order valence-corrected chi connectivity index (χ3v) is 4.02. The number of fused-ring (bicyclic) bond motifs is 1. The van der Waals surface area contributed by atoms with E-state index >= 15 is 0 Å². The Labute approximate surface area is 112 Å². The van der Waals surface area contributed by atoms with Gasteiger partial charge in [-0.1, -0.05) is 11.6 Å². The summed E-state index contributed by atoms with van der Waals surface area (Å²) in [4.78, 5) is 16.1. The van der Waals surface area contributed by atoms with Crippen LogP contribution in [0.25, 0.3) is 0 Å². The summed E-state index contributed by atoms with van der Waals surface area (Å²) >= 11 is 0. The van der Waals surface area contributed by atoms with E-state index in [1.54, 1.807) is 6.92 Å². The van der Waals surface area contributed by atoms with Crippen molar-refractivity contribution in [1.82, 2.24) is 9.55 Å². The molecule has 2 N–H and O–H groups in total. The lowest BCUT2D eigenvalue weighted by molar-refractivity contribution is -0.144. The fraction of sp³-hybridized carbons (Fsp3) is 0.571. The predicted octanol–water partition coefficient (Wildman–Crippen LogP) is 1.65. The van der Waals surface area contributed by atoms with Crippen LogP contribution in [0.5, 0.6) is 0 Å². The number of carbonyl (C=O) groups excluding carboxylic acids is 1. The van der Waals surface area contributed by atoms with Gasteiger partial charge in [0.05, 0.1) is 24.7 Å². The smallest absolute Gasteiger partial charge is 0.329 e. The number of carbonyl (C=O) groups is 1. The molecule has 0 fully saturated rings. The molecule has 0 saturated carbocycles. The van der Waals surface area contributed by atoms with Gasteiger partial charge in [0, 0.05) is 5.69 Å². The molecule has 2 aliphatic rings. The zero-order chi connectivity index (χ0) is 13.4. The molecule has 0 saturated heterocycles. The molecule has 1 aromatic heterocycles. The summed E-state index contributed by atoms with van der Waals surface area (Å²) in [6.07, 6.45) is 8.51. The Balaban J connectivity index is 1.84. The molecule has 19 heavy (non-hydrogen) atoms. The highest BCUT2D eigenvalue weighted by molar-refractivity contribution is 5.77. The molecular formula is C14H19N3O2. The number of hydrogen-bond donors (Lipinski definition) is 1. The molecule has 0 bridgehead atoms. The zero-order valence-corrected chi connectivity index (χ0v) is 11.1. The van der Waals surface area contributed by atoms with E-state index in [-0.39, 0.29) is 0 Å². The van der Waals surface area contributed by atoms with Gasteiger partial charge in [-0.05, 0) is 32.6 Å². The molecule has 5 heteroatoms. The van der Waals surface area contributed by atoms with E-state index in [1.807, 2.05) is 6.33 Å². The van der Waals surface area contributed by atoms with Gasteiger partial charge in [-0.3, -0.25) is 0 Å². The Kier molecular flexibility index (Phi) is 3.14. The SMILES string of the molecule is CCOC(=O)C(N)c1ncn2c1CCC2C1=CCC1. The van der Waals surface area contributed by atoms with Crippen molar-refractivity contribution in [2.24, 2.45) is 5.73 Å². The summed E-state index contributed by atoms with van der Waals surface area (Å²) < 4.78 is 7.15. The number of imidazole rings is 1. The highest BCUT2D eigenvalue weighted by atomic mass is 16.5. The van der Waals surface area contributed by atoms with Gasteiger partial charge in [-0.15, -0.1) is 0 Å². The molecular weight excluding hydrogens is 242 g/mol. The van der Waals surface area contributed by atoms with E-state index in [9.17, 15) is 4.79 Å². The molecule has 102 valence electrons. The molecule has 0 amide bonds. The van der Waals surface area contributed by atoms with Crippen LogP contribution in [0.2, 0.25) is 0 Å². The molecule has 1 aliphatic heterocycles. The fourth-order valence-corrected chi connectivity index (χ4v) is 2.92. The van der Waals surface area contributed by atoms with Crippen LogP contribution in [-0.2, 0) is 16.0 Å². The molecule has 2 atom stereocenters. The van der Waals surface area contributed by atoms with Crippen LogP contribution in [0.4, 0.5) is 0 Å². The second kappa shape index (κ2) is 4.81. The van der Waals surface area contributed by atoms with E-state index in [0.717, 1.165) is 18.5 Å². The van der Waals surface area contributed by atoms with Gasteiger partial charge in [0.25, 0.3) is 0 Å². The van der Waals surface area contributed by atoms with Gasteiger partial charge in [-0.25, -0.2) is 9.78 Å². The third kappa shape index (κ3) is 1.98. The van der Waals surface area contributed by atoms with Gasteiger partial charge in [0.15, 0.2) is 0 Å². The van der Waals surface area contributed by atoms with E-state index in [1.165, 1.54) is 18.4 Å². The molecule has 0 radical (unpaired) electrons. The van der Waals surface area contributed by atoms with Gasteiger partial charge in [0.2, 0.25) is 0 Å². The summed E-state index contributed by atoms with van der Waals surface area (Å²) in [5, 5.41) is 0. The Morgan fingerprint density at radius 3 is 3.05 bits per heavy atom. The maximum absolute atomic E-state index is 11.7. The standard InChI is InChI=1S/C14H19N3O2/c1-2-19-14(18)12(15)13-11-7-6-10(9-4-3-5-9)17(11)8-16-13/h4,8,10,12H,2-3,5-7,15H2,1H3. The van der Waals surface area contributed by atoms with E-state index < -0.39 is 12.0 Å². The van der Waals surface area contributed by atoms with Gasteiger partial charge in [-0.2, -0.15) is 0 Å². The van der Waals surface area contributed by atoms with Crippen LogP contribution in [0.3, 0.4) is 0 Å². The Bertz CT molecular complexity index is 533. The summed E-state index contributed by atoms with van der Waals surface area (Å²) in [7, 11) is 0. The number of aromatic nitrogens is 2. The van der Waals surface area contributed by atoms with Crippen molar-refractivity contribution >= 4 is 5.97 Å². The Hall–Kier alpha value is -1.62. The number of rotatable bonds is 4. The van der Waals surface area contributed by atoms with E-state index in [4.69, 9.17) is 10.5 Å². The quantitative estimate of drug-likeness (QED) is 0.661. The number of esters is 1. The van der Waals surface area contributed by atoms with Crippen LogP contribution < -0.4 is 5.73 Å². The normalized spacial score (nSPS) is 22.4. The lowest BCUT2D eigenvalue weighted by atomic mass is 9.91. The predicted molar refractivity (Wildman–Crippen MR) is 70.5 cm³/mol. The molecule has 5 nitrogen and oxygen atoms in total. The second-order valence-electron chi connectivity index (χ2n) is 5.09. The number of allylic oxidation sites excluding steroid dienone is 2. The first-order valence-corrected chi connectivity index (χ1v) is 6.89. The largest absolute Gasteiger partial charge is 0.465 e. The van der Waals surface area contributed by atoms with Gasteiger partial charge >= 0.3 is 5.97 Å². The Morgan fingerprint density at radius 2 is 2.42 bits per heavy atom. The van der Waals surface area contributed by atoms with Crippen molar-refractivity contribution in [2.45, 2.75) is 44.7 Å². The molecule has 0 spiro atoms. The summed E-state index contributed by atoms with van der Waals surface area (Å²) in [6, 6.07) is -0.329. The number of ether oxygens (including phenoxy) is 1. The fourth-order valence-electron chi connectivity index (χ4n) is 2.92. The highest BCUT2D eigenvalue weighted by Crippen LogP contribution is 2.39. The lowest BCUT2D eigenvalue weighted by Crippen LogP contribution is -2.25. The summed E-state index contributed by atoms with van der Waals surface area (Å²) in [6.45, 7) is 2.12. The maximum Gasteiger partial charge on any atom is 0.329 e. The number of hydrogen-bond acceptors (Lipinski definition) is 4. The van der Waals surface area contributed by atoms with E-state index in [0.29, 0.717) is 18.3 Å². The second-order valence-corrected chi connectivity index (χ2v) is 5.09. The zero-order valence-electron chi connectivity index (χ0n) is 11.1. The van der Waals surface area contributed by atoms with Crippen LogP contribution >= 0.6 is 0 Å². The van der Waals surface area contributed by atoms with Crippen molar-refractivity contribution in [3.05, 3.63) is 29.4 Å². The maximum atomic E-state index is 11.7. The topological polar surface area (TPSA) is 70.1 Å². The third-order valence-electron chi connectivity index (χ3n) is 4.02. The molecule has 0 aromatic carbocycles. The molecule has 3 rings (SSSR count). The van der Waals surface area contributed by atoms with Crippen molar-refractivity contribution in [1.29, 1.82) is 0 Å².